The zero-order valence-electron chi connectivity index (χ0n) is 11.2. The molecular weight excluding hydrogens is 230 g/mol. The van der Waals surface area contributed by atoms with Crippen LogP contribution in [0.15, 0.2) is 6.33 Å². The first kappa shape index (κ1) is 12.9. The molecule has 6 nitrogen and oxygen atoms in total. The van der Waals surface area contributed by atoms with Crippen molar-refractivity contribution >= 4 is 11.6 Å². The predicted molar refractivity (Wildman–Crippen MR) is 71.7 cm³/mol. The van der Waals surface area contributed by atoms with Crippen LogP contribution in [-0.2, 0) is 0 Å². The Morgan fingerprint density at radius 1 is 1.50 bits per heavy atom. The van der Waals surface area contributed by atoms with Crippen LogP contribution in [0.1, 0.15) is 13.3 Å². The van der Waals surface area contributed by atoms with Crippen molar-refractivity contribution in [3.8, 4) is 5.75 Å². The number of nitrogens with one attached hydrogen (secondary N) is 1. The van der Waals surface area contributed by atoms with Crippen LogP contribution in [0.25, 0.3) is 0 Å². The molecule has 2 rings (SSSR count). The summed E-state index contributed by atoms with van der Waals surface area (Å²) in [5, 5.41) is 3.43. The summed E-state index contributed by atoms with van der Waals surface area (Å²) < 4.78 is 5.25. The van der Waals surface area contributed by atoms with Crippen LogP contribution in [-0.4, -0.2) is 48.2 Å². The summed E-state index contributed by atoms with van der Waals surface area (Å²) >= 11 is 0. The van der Waals surface area contributed by atoms with Gasteiger partial charge in [0.25, 0.3) is 0 Å². The minimum absolute atomic E-state index is 0.371. The summed E-state index contributed by atoms with van der Waals surface area (Å²) in [5.41, 5.74) is 5.77. The van der Waals surface area contributed by atoms with Crippen LogP contribution >= 0.6 is 0 Å². The second-order valence-electron chi connectivity index (χ2n) is 4.92. The Morgan fingerprint density at radius 3 is 2.94 bits per heavy atom. The topological polar surface area (TPSA) is 76.3 Å². The van der Waals surface area contributed by atoms with Crippen LogP contribution in [0.3, 0.4) is 0 Å². The van der Waals surface area contributed by atoms with Crippen LogP contribution in [0, 0.1) is 5.92 Å². The first-order valence-electron chi connectivity index (χ1n) is 6.21. The van der Waals surface area contributed by atoms with E-state index < -0.39 is 0 Å². The molecule has 18 heavy (non-hydrogen) atoms. The Hall–Kier alpha value is -1.56. The third-order valence-electron chi connectivity index (χ3n) is 3.47. The molecule has 0 spiro atoms. The number of aromatic nitrogens is 2. The number of nitrogen functional groups attached to an aromatic ring is 1. The molecule has 1 fully saturated rings. The fourth-order valence-corrected chi connectivity index (χ4v) is 2.44. The molecule has 1 aromatic rings. The monoisotopic (exact) mass is 251 g/mol. The van der Waals surface area contributed by atoms with Crippen LogP contribution in [0.2, 0.25) is 0 Å². The second kappa shape index (κ2) is 5.39. The first-order chi connectivity index (χ1) is 8.61. The van der Waals surface area contributed by atoms with Gasteiger partial charge in [-0.25, -0.2) is 9.97 Å². The van der Waals surface area contributed by atoms with Crippen LogP contribution in [0.4, 0.5) is 11.6 Å². The molecule has 0 amide bonds. The molecule has 2 unspecified atom stereocenters. The summed E-state index contributed by atoms with van der Waals surface area (Å²) in [6.07, 6.45) is 2.55. The Kier molecular flexibility index (Phi) is 3.86. The van der Waals surface area contributed by atoms with Gasteiger partial charge in [0.05, 0.1) is 7.11 Å². The molecule has 2 atom stereocenters. The van der Waals surface area contributed by atoms with E-state index in [4.69, 9.17) is 10.5 Å². The number of methoxy groups -OCH3 is 1. The molecule has 0 aromatic carbocycles. The molecule has 1 aliphatic heterocycles. The minimum atomic E-state index is 0.371. The average Bonchev–Trinajstić information content (AvgIpc) is 2.33. The van der Waals surface area contributed by atoms with E-state index in [2.05, 4.69) is 34.2 Å². The molecule has 1 saturated heterocycles. The zero-order valence-corrected chi connectivity index (χ0v) is 11.2. The number of hydrogen-bond donors (Lipinski definition) is 2. The summed E-state index contributed by atoms with van der Waals surface area (Å²) in [6, 6.07) is 0.393. The molecule has 0 saturated carbocycles. The van der Waals surface area contributed by atoms with E-state index in [1.54, 1.807) is 7.11 Å². The van der Waals surface area contributed by atoms with E-state index in [1.807, 2.05) is 0 Å². The fraction of sp³-hybridized carbons (Fsp3) is 0.667. The van der Waals surface area contributed by atoms with Crippen molar-refractivity contribution in [3.63, 3.8) is 0 Å². The van der Waals surface area contributed by atoms with Gasteiger partial charge in [-0.05, 0) is 25.9 Å². The lowest BCUT2D eigenvalue weighted by Gasteiger charge is -2.35. The van der Waals surface area contributed by atoms with E-state index in [0.29, 0.717) is 29.3 Å². The third-order valence-corrected chi connectivity index (χ3v) is 3.47. The van der Waals surface area contributed by atoms with Crippen molar-refractivity contribution in [2.24, 2.45) is 5.92 Å². The number of likely N-dealkylation sites (tertiary alicyclic amines) is 1. The SMILES string of the molecule is COc1c(N)ncnc1NC1CCN(C)CC1C. The van der Waals surface area contributed by atoms with Crippen LogP contribution in [0.5, 0.6) is 5.75 Å². The van der Waals surface area contributed by atoms with Crippen molar-refractivity contribution in [2.45, 2.75) is 19.4 Å². The molecule has 0 aliphatic carbocycles. The van der Waals surface area contributed by atoms with E-state index in [-0.39, 0.29) is 0 Å². The zero-order chi connectivity index (χ0) is 13.1. The fourth-order valence-electron chi connectivity index (χ4n) is 2.44. The largest absolute Gasteiger partial charge is 0.490 e. The first-order valence-corrected chi connectivity index (χ1v) is 6.21. The lowest BCUT2D eigenvalue weighted by molar-refractivity contribution is 0.205. The van der Waals surface area contributed by atoms with Crippen molar-refractivity contribution in [1.82, 2.24) is 14.9 Å². The van der Waals surface area contributed by atoms with Crippen molar-refractivity contribution in [1.29, 1.82) is 0 Å². The van der Waals surface area contributed by atoms with Gasteiger partial charge in [-0.1, -0.05) is 6.92 Å². The van der Waals surface area contributed by atoms with Gasteiger partial charge in [-0.3, -0.25) is 0 Å². The highest BCUT2D eigenvalue weighted by Crippen LogP contribution is 2.29. The number of rotatable bonds is 3. The Morgan fingerprint density at radius 2 is 2.28 bits per heavy atom. The highest BCUT2D eigenvalue weighted by molar-refractivity contribution is 5.61. The number of nitrogens with two attached hydrogens (primary N) is 1. The van der Waals surface area contributed by atoms with Gasteiger partial charge in [-0.15, -0.1) is 0 Å². The maximum Gasteiger partial charge on any atom is 0.203 e. The standard InChI is InChI=1S/C12H21N5O/c1-8-6-17(2)5-4-9(8)16-12-10(18-3)11(13)14-7-15-12/h7-9H,4-6H2,1-3H3,(H3,13,14,15,16). The van der Waals surface area contributed by atoms with Gasteiger partial charge >= 0.3 is 0 Å². The van der Waals surface area contributed by atoms with Gasteiger partial charge in [0.15, 0.2) is 11.6 Å². The molecule has 2 heterocycles. The van der Waals surface area contributed by atoms with Crippen molar-refractivity contribution in [3.05, 3.63) is 6.33 Å². The molecule has 0 bridgehead atoms. The molecule has 0 radical (unpaired) electrons. The molecule has 6 heteroatoms. The van der Waals surface area contributed by atoms with E-state index in [9.17, 15) is 0 Å². The maximum atomic E-state index is 5.77. The van der Waals surface area contributed by atoms with Gasteiger partial charge in [0, 0.05) is 12.6 Å². The Labute approximate surface area is 108 Å². The van der Waals surface area contributed by atoms with Crippen molar-refractivity contribution < 1.29 is 4.74 Å². The van der Waals surface area contributed by atoms with Gasteiger partial charge in [0.1, 0.15) is 6.33 Å². The number of hydrogen-bond acceptors (Lipinski definition) is 6. The second-order valence-corrected chi connectivity index (χ2v) is 4.92. The number of ether oxygens (including phenoxy) is 1. The summed E-state index contributed by atoms with van der Waals surface area (Å²) in [4.78, 5) is 10.5. The molecule has 1 aliphatic rings. The lowest BCUT2D eigenvalue weighted by Crippen LogP contribution is -2.43. The van der Waals surface area contributed by atoms with E-state index in [1.165, 1.54) is 6.33 Å². The molecule has 1 aromatic heterocycles. The van der Waals surface area contributed by atoms with Crippen LogP contribution < -0.4 is 15.8 Å². The highest BCUT2D eigenvalue weighted by atomic mass is 16.5. The average molecular weight is 251 g/mol. The number of nitrogens with zero attached hydrogens (tertiary/aromatic N) is 3. The van der Waals surface area contributed by atoms with E-state index >= 15 is 0 Å². The Balaban J connectivity index is 2.12. The van der Waals surface area contributed by atoms with Gasteiger partial charge in [0.2, 0.25) is 5.75 Å². The lowest BCUT2D eigenvalue weighted by atomic mass is 9.94. The number of piperidine rings is 1. The molecule has 100 valence electrons. The quantitative estimate of drug-likeness (QED) is 0.828. The highest BCUT2D eigenvalue weighted by Gasteiger charge is 2.25. The Bertz CT molecular complexity index is 411. The van der Waals surface area contributed by atoms with E-state index in [0.717, 1.165) is 19.5 Å². The normalized spacial score (nSPS) is 24.8. The number of anilines is 2. The smallest absolute Gasteiger partial charge is 0.203 e. The maximum absolute atomic E-state index is 5.77. The predicted octanol–water partition coefficient (Wildman–Crippen LogP) is 0.820. The van der Waals surface area contributed by atoms with Crippen molar-refractivity contribution in [2.75, 3.05) is 38.3 Å². The molecule has 3 N–H and O–H groups in total. The summed E-state index contributed by atoms with van der Waals surface area (Å²) in [5.74, 6) is 2.15. The third kappa shape index (κ3) is 2.64. The molecular formula is C12H21N5O. The van der Waals surface area contributed by atoms with Gasteiger partial charge < -0.3 is 20.7 Å². The minimum Gasteiger partial charge on any atom is -0.490 e. The van der Waals surface area contributed by atoms with Gasteiger partial charge in [-0.2, -0.15) is 0 Å². The summed E-state index contributed by atoms with van der Waals surface area (Å²) in [7, 11) is 3.73. The summed E-state index contributed by atoms with van der Waals surface area (Å²) in [6.45, 7) is 4.41.